The van der Waals surface area contributed by atoms with Crippen LogP contribution in [-0.4, -0.2) is 10.9 Å². The molecule has 0 aliphatic heterocycles. The lowest BCUT2D eigenvalue weighted by Gasteiger charge is -2.08. The number of hydrogen-bond donors (Lipinski definition) is 1. The molecule has 4 rings (SSSR count). The van der Waals surface area contributed by atoms with Gasteiger partial charge in [-0.2, -0.15) is 13.2 Å². The van der Waals surface area contributed by atoms with Gasteiger partial charge in [-0.05, 0) is 30.3 Å². The largest absolute Gasteiger partial charge is 0.422 e. The van der Waals surface area contributed by atoms with E-state index in [0.29, 0.717) is 16.7 Å². The van der Waals surface area contributed by atoms with E-state index in [0.717, 1.165) is 29.5 Å². The van der Waals surface area contributed by atoms with Crippen molar-refractivity contribution in [1.29, 1.82) is 0 Å². The first-order valence-electron chi connectivity index (χ1n) is 8.29. The minimum Gasteiger partial charge on any atom is -0.422 e. The molecule has 29 heavy (non-hydrogen) atoms. The predicted octanol–water partition coefficient (Wildman–Crippen LogP) is 5.19. The number of benzene rings is 2. The summed E-state index contributed by atoms with van der Waals surface area (Å²) in [5.41, 5.74) is -0.687. The standard InChI is InChI=1S/C20H11F3N2O3S/c21-20(22,23)13-6-3-5-12(8-13)17(26)25-19-24-15(10-29-19)14-9-11-4-1-2-7-16(11)28-18(14)27/h1-10H,(H,24,25,26). The Morgan fingerprint density at radius 3 is 2.66 bits per heavy atom. The summed E-state index contributed by atoms with van der Waals surface area (Å²) in [7, 11) is 0. The van der Waals surface area contributed by atoms with Gasteiger partial charge in [0.05, 0.1) is 16.8 Å². The molecule has 0 radical (unpaired) electrons. The molecule has 0 bridgehead atoms. The number of fused-ring (bicyclic) bond motifs is 1. The van der Waals surface area contributed by atoms with Crippen LogP contribution in [0.5, 0.6) is 0 Å². The number of anilines is 1. The number of aromatic nitrogens is 1. The Balaban J connectivity index is 1.60. The molecule has 0 saturated carbocycles. The molecule has 4 aromatic rings. The summed E-state index contributed by atoms with van der Waals surface area (Å²) in [6.45, 7) is 0. The second-order valence-corrected chi connectivity index (χ2v) is 6.91. The Kier molecular flexibility index (Phi) is 4.67. The van der Waals surface area contributed by atoms with E-state index in [2.05, 4.69) is 10.3 Å². The highest BCUT2D eigenvalue weighted by atomic mass is 32.1. The number of nitrogens with one attached hydrogen (secondary N) is 1. The van der Waals surface area contributed by atoms with Gasteiger partial charge in [-0.3, -0.25) is 10.1 Å². The zero-order valence-electron chi connectivity index (χ0n) is 14.5. The van der Waals surface area contributed by atoms with Crippen LogP contribution in [0.2, 0.25) is 0 Å². The number of hydrogen-bond acceptors (Lipinski definition) is 5. The molecule has 0 spiro atoms. The van der Waals surface area contributed by atoms with Gasteiger partial charge in [0.15, 0.2) is 5.13 Å². The minimum atomic E-state index is -4.55. The first-order chi connectivity index (χ1) is 13.8. The monoisotopic (exact) mass is 416 g/mol. The predicted molar refractivity (Wildman–Crippen MR) is 103 cm³/mol. The maximum atomic E-state index is 12.8. The third-order valence-corrected chi connectivity index (χ3v) is 4.85. The summed E-state index contributed by atoms with van der Waals surface area (Å²) < 4.78 is 43.7. The molecular weight excluding hydrogens is 405 g/mol. The summed E-state index contributed by atoms with van der Waals surface area (Å²) in [5.74, 6) is -0.734. The third kappa shape index (κ3) is 3.90. The number of halogens is 3. The highest BCUT2D eigenvalue weighted by Gasteiger charge is 2.31. The number of amides is 1. The number of alkyl halides is 3. The number of rotatable bonds is 3. The molecule has 2 aromatic heterocycles. The Labute approximate surface area is 165 Å². The van der Waals surface area contributed by atoms with E-state index < -0.39 is 23.3 Å². The molecule has 0 aliphatic carbocycles. The van der Waals surface area contributed by atoms with Crippen molar-refractivity contribution in [3.8, 4) is 11.3 Å². The van der Waals surface area contributed by atoms with E-state index in [1.807, 2.05) is 0 Å². The van der Waals surface area contributed by atoms with E-state index in [-0.39, 0.29) is 16.3 Å². The zero-order chi connectivity index (χ0) is 20.6. The Hall–Kier alpha value is -3.46. The first kappa shape index (κ1) is 18.9. The molecule has 1 amide bonds. The molecule has 0 saturated heterocycles. The van der Waals surface area contributed by atoms with Crippen LogP contribution in [0, 0.1) is 0 Å². The van der Waals surface area contributed by atoms with E-state index in [1.54, 1.807) is 35.7 Å². The summed E-state index contributed by atoms with van der Waals surface area (Å²) in [5, 5.41) is 4.87. The highest BCUT2D eigenvalue weighted by molar-refractivity contribution is 7.14. The van der Waals surface area contributed by atoms with E-state index >= 15 is 0 Å². The van der Waals surface area contributed by atoms with Crippen molar-refractivity contribution in [1.82, 2.24) is 4.98 Å². The zero-order valence-corrected chi connectivity index (χ0v) is 15.3. The van der Waals surface area contributed by atoms with Crippen LogP contribution in [0.25, 0.3) is 22.2 Å². The molecule has 0 atom stereocenters. The van der Waals surface area contributed by atoms with Crippen molar-refractivity contribution >= 4 is 33.3 Å². The van der Waals surface area contributed by atoms with Crippen LogP contribution in [0.1, 0.15) is 15.9 Å². The van der Waals surface area contributed by atoms with Gasteiger partial charge in [0.25, 0.3) is 5.91 Å². The van der Waals surface area contributed by atoms with Gasteiger partial charge in [0.1, 0.15) is 5.58 Å². The van der Waals surface area contributed by atoms with Gasteiger partial charge in [0, 0.05) is 16.3 Å². The number of carbonyl (C=O) groups excluding carboxylic acids is 1. The number of thiazole rings is 1. The lowest BCUT2D eigenvalue weighted by molar-refractivity contribution is -0.137. The quantitative estimate of drug-likeness (QED) is 0.467. The molecule has 146 valence electrons. The minimum absolute atomic E-state index is 0.148. The molecule has 0 aliphatic rings. The maximum Gasteiger partial charge on any atom is 0.416 e. The van der Waals surface area contributed by atoms with Gasteiger partial charge in [0.2, 0.25) is 0 Å². The van der Waals surface area contributed by atoms with Crippen molar-refractivity contribution in [2.75, 3.05) is 5.32 Å². The van der Waals surface area contributed by atoms with Crippen molar-refractivity contribution in [2.24, 2.45) is 0 Å². The van der Waals surface area contributed by atoms with Gasteiger partial charge < -0.3 is 4.42 Å². The van der Waals surface area contributed by atoms with Crippen molar-refractivity contribution in [2.45, 2.75) is 6.18 Å². The van der Waals surface area contributed by atoms with Crippen molar-refractivity contribution < 1.29 is 22.4 Å². The Morgan fingerprint density at radius 1 is 1.07 bits per heavy atom. The topological polar surface area (TPSA) is 72.2 Å². The highest BCUT2D eigenvalue weighted by Crippen LogP contribution is 2.30. The summed E-state index contributed by atoms with van der Waals surface area (Å²) in [6.07, 6.45) is -4.55. The summed E-state index contributed by atoms with van der Waals surface area (Å²) >= 11 is 1.05. The van der Waals surface area contributed by atoms with E-state index in [4.69, 9.17) is 4.42 Å². The molecule has 1 N–H and O–H groups in total. The first-order valence-corrected chi connectivity index (χ1v) is 9.16. The van der Waals surface area contributed by atoms with Crippen molar-refractivity contribution in [3.63, 3.8) is 0 Å². The smallest absolute Gasteiger partial charge is 0.416 e. The second kappa shape index (κ2) is 7.17. The molecule has 0 unspecified atom stereocenters. The molecule has 2 aromatic carbocycles. The van der Waals surface area contributed by atoms with Gasteiger partial charge in [-0.15, -0.1) is 11.3 Å². The van der Waals surface area contributed by atoms with Crippen molar-refractivity contribution in [3.05, 3.63) is 81.5 Å². The maximum absolute atomic E-state index is 12.8. The van der Waals surface area contributed by atoms with Crippen LogP contribution in [0.15, 0.2) is 69.2 Å². The van der Waals surface area contributed by atoms with Crippen LogP contribution in [0.4, 0.5) is 18.3 Å². The van der Waals surface area contributed by atoms with Gasteiger partial charge >= 0.3 is 11.8 Å². The summed E-state index contributed by atoms with van der Waals surface area (Å²) in [6, 6.07) is 12.7. The Morgan fingerprint density at radius 2 is 1.86 bits per heavy atom. The van der Waals surface area contributed by atoms with Crippen LogP contribution < -0.4 is 10.9 Å². The SMILES string of the molecule is O=C(Nc1nc(-c2cc3ccccc3oc2=O)cs1)c1cccc(C(F)(F)F)c1. The van der Waals surface area contributed by atoms with Gasteiger partial charge in [-0.1, -0.05) is 24.3 Å². The molecule has 0 fully saturated rings. The fourth-order valence-electron chi connectivity index (χ4n) is 2.70. The van der Waals surface area contributed by atoms with Gasteiger partial charge in [-0.25, -0.2) is 9.78 Å². The fraction of sp³-hybridized carbons (Fsp3) is 0.0500. The summed E-state index contributed by atoms with van der Waals surface area (Å²) in [4.78, 5) is 28.7. The van der Waals surface area contributed by atoms with Crippen LogP contribution in [-0.2, 0) is 6.18 Å². The third-order valence-electron chi connectivity index (χ3n) is 4.09. The number of para-hydroxylation sites is 1. The molecule has 5 nitrogen and oxygen atoms in total. The molecular formula is C20H11F3N2O3S. The average molecular weight is 416 g/mol. The van der Waals surface area contributed by atoms with Crippen LogP contribution in [0.3, 0.4) is 0 Å². The van der Waals surface area contributed by atoms with Crippen LogP contribution >= 0.6 is 11.3 Å². The fourth-order valence-corrected chi connectivity index (χ4v) is 3.41. The Bertz CT molecular complexity index is 1280. The number of carbonyl (C=O) groups is 1. The van der Waals surface area contributed by atoms with E-state index in [9.17, 15) is 22.8 Å². The normalized spacial score (nSPS) is 11.6. The second-order valence-electron chi connectivity index (χ2n) is 6.06. The number of nitrogens with zero attached hydrogens (tertiary/aromatic N) is 1. The van der Waals surface area contributed by atoms with E-state index in [1.165, 1.54) is 6.07 Å². The lowest BCUT2D eigenvalue weighted by atomic mass is 10.1. The molecule has 2 heterocycles. The average Bonchev–Trinajstić information content (AvgIpc) is 3.15. The lowest BCUT2D eigenvalue weighted by Crippen LogP contribution is -2.13. The molecule has 9 heteroatoms.